The molecule has 0 amide bonds. The van der Waals surface area contributed by atoms with Crippen LogP contribution in [0.3, 0.4) is 0 Å². The normalized spacial score (nSPS) is 12.3. The number of aryl methyl sites for hydroxylation is 3. The Bertz CT molecular complexity index is 3370. The zero-order valence-electron chi connectivity index (χ0n) is 34.6. The Morgan fingerprint density at radius 3 is 1.37 bits per heavy atom. The third kappa shape index (κ3) is 5.49. The van der Waals surface area contributed by atoms with Crippen LogP contribution >= 0.6 is 0 Å². The lowest BCUT2D eigenvalue weighted by atomic mass is 9.97. The third-order valence-electron chi connectivity index (χ3n) is 13.2. The van der Waals surface area contributed by atoms with Gasteiger partial charge in [0.2, 0.25) is 0 Å². The first-order valence-corrected chi connectivity index (χ1v) is 22.2. The highest BCUT2D eigenvalue weighted by Crippen LogP contribution is 2.44. The van der Waals surface area contributed by atoms with E-state index in [0.717, 1.165) is 25.9 Å². The first kappa shape index (κ1) is 35.9. The lowest BCUT2D eigenvalue weighted by molar-refractivity contribution is 0.665. The van der Waals surface area contributed by atoms with E-state index in [0.29, 0.717) is 0 Å². The first-order chi connectivity index (χ1) is 29.2. The van der Waals surface area contributed by atoms with Crippen molar-refractivity contribution in [2.75, 3.05) is 0 Å². The van der Waals surface area contributed by atoms with Gasteiger partial charge < -0.3 is 18.3 Å². The molecule has 7 aromatic carbocycles. The number of fused-ring (bicyclic) bond motifs is 12. The van der Waals surface area contributed by atoms with E-state index in [4.69, 9.17) is 0 Å². The maximum atomic E-state index is 2.60. The fraction of sp³-hybridized carbons (Fsp3) is 0.236. The highest BCUT2D eigenvalue weighted by atomic mass is 15.0. The van der Waals surface area contributed by atoms with Gasteiger partial charge in [0.25, 0.3) is 0 Å². The number of rotatable bonds is 12. The van der Waals surface area contributed by atoms with Crippen molar-refractivity contribution < 1.29 is 0 Å². The molecule has 4 aromatic heterocycles. The second kappa shape index (κ2) is 14.5. The lowest BCUT2D eigenvalue weighted by Gasteiger charge is -2.15. The fourth-order valence-corrected chi connectivity index (χ4v) is 10.5. The van der Waals surface area contributed by atoms with Crippen molar-refractivity contribution in [3.63, 3.8) is 0 Å². The SMILES string of the molecule is CCCCCc1c2c3ccccc3n(-c3ccc4c(c3)c3ccccc3n4CCCC)c2cc2c3ccccc3n(-c3ccc4c(c3)c3ccccc3n4CCCC)c12. The Morgan fingerprint density at radius 1 is 0.356 bits per heavy atom. The van der Waals surface area contributed by atoms with Crippen LogP contribution in [0.4, 0.5) is 0 Å². The van der Waals surface area contributed by atoms with Gasteiger partial charge in [-0.1, -0.05) is 119 Å². The summed E-state index contributed by atoms with van der Waals surface area (Å²) in [6, 6.07) is 53.2. The van der Waals surface area contributed by atoms with Crippen molar-refractivity contribution in [1.82, 2.24) is 18.3 Å². The summed E-state index contributed by atoms with van der Waals surface area (Å²) in [6.45, 7) is 8.96. The molecule has 4 nitrogen and oxygen atoms in total. The Morgan fingerprint density at radius 2 is 0.814 bits per heavy atom. The summed E-state index contributed by atoms with van der Waals surface area (Å²) in [5.41, 5.74) is 14.4. The molecule has 4 heterocycles. The molecule has 59 heavy (non-hydrogen) atoms. The summed E-state index contributed by atoms with van der Waals surface area (Å²) in [4.78, 5) is 0. The maximum Gasteiger partial charge on any atom is 0.0580 e. The van der Waals surface area contributed by atoms with E-state index in [2.05, 4.69) is 179 Å². The van der Waals surface area contributed by atoms with Gasteiger partial charge in [0.1, 0.15) is 0 Å². The molecule has 0 fully saturated rings. The number of unbranched alkanes of at least 4 members (excludes halogenated alkanes) is 4. The van der Waals surface area contributed by atoms with Gasteiger partial charge in [-0.05, 0) is 98.0 Å². The molecule has 0 spiro atoms. The van der Waals surface area contributed by atoms with Crippen molar-refractivity contribution in [1.29, 1.82) is 0 Å². The summed E-state index contributed by atoms with van der Waals surface area (Å²) in [6.07, 6.45) is 9.26. The minimum Gasteiger partial charge on any atom is -0.340 e. The summed E-state index contributed by atoms with van der Waals surface area (Å²) in [5, 5.41) is 10.7. The molecule has 0 aliphatic heterocycles. The zero-order valence-corrected chi connectivity index (χ0v) is 34.6. The molecule has 0 atom stereocenters. The molecule has 4 heteroatoms. The van der Waals surface area contributed by atoms with E-state index in [9.17, 15) is 0 Å². The molecule has 0 aliphatic rings. The maximum absolute atomic E-state index is 2.60. The van der Waals surface area contributed by atoms with Gasteiger partial charge in [0.15, 0.2) is 0 Å². The molecule has 0 bridgehead atoms. The molecule has 11 rings (SSSR count). The van der Waals surface area contributed by atoms with E-state index in [1.807, 2.05) is 0 Å². The standard InChI is InChI=1S/C55H52N4/c1-4-7-10-23-43-54-42-22-14-18-27-52(42)58(37-28-30-49-44(34-37)39-19-11-15-24-47(39)56(49)32-8-5-2)53(54)36-46-41-21-13-17-26-51(41)59(55(43)46)38-29-31-50-45(35-38)40-20-12-16-25-48(40)57(50)33-9-6-3/h11-22,24-31,34-36H,4-10,23,32-33H2,1-3H3. The van der Waals surface area contributed by atoms with Gasteiger partial charge in [0, 0.05) is 89.6 Å². The highest BCUT2D eigenvalue weighted by molar-refractivity contribution is 6.22. The van der Waals surface area contributed by atoms with Gasteiger partial charge in [0.05, 0.1) is 22.1 Å². The van der Waals surface area contributed by atoms with Crippen LogP contribution in [0.1, 0.15) is 71.3 Å². The molecule has 0 N–H and O–H groups in total. The Kier molecular flexibility index (Phi) is 8.83. The molecule has 0 aliphatic carbocycles. The van der Waals surface area contributed by atoms with Gasteiger partial charge in [-0.2, -0.15) is 0 Å². The molecule has 11 aromatic rings. The lowest BCUT2D eigenvalue weighted by Crippen LogP contribution is -2.00. The molecule has 0 saturated heterocycles. The molecular weight excluding hydrogens is 717 g/mol. The smallest absolute Gasteiger partial charge is 0.0580 e. The Hall–Kier alpha value is -6.26. The van der Waals surface area contributed by atoms with Crippen molar-refractivity contribution in [2.24, 2.45) is 0 Å². The van der Waals surface area contributed by atoms with Crippen LogP contribution in [-0.4, -0.2) is 18.3 Å². The second-order valence-corrected chi connectivity index (χ2v) is 16.8. The van der Waals surface area contributed by atoms with E-state index < -0.39 is 0 Å². The van der Waals surface area contributed by atoms with Crippen molar-refractivity contribution >= 4 is 87.2 Å². The average molecular weight is 769 g/mol. The van der Waals surface area contributed by atoms with E-state index >= 15 is 0 Å². The quantitative estimate of drug-likeness (QED) is 0.110. The second-order valence-electron chi connectivity index (χ2n) is 16.8. The number of hydrogen-bond acceptors (Lipinski definition) is 0. The van der Waals surface area contributed by atoms with E-state index in [1.54, 1.807) is 0 Å². The van der Waals surface area contributed by atoms with Crippen LogP contribution in [0, 0.1) is 0 Å². The van der Waals surface area contributed by atoms with Crippen LogP contribution in [0.25, 0.3) is 98.6 Å². The highest BCUT2D eigenvalue weighted by Gasteiger charge is 2.24. The summed E-state index contributed by atoms with van der Waals surface area (Å²) in [7, 11) is 0. The number of hydrogen-bond donors (Lipinski definition) is 0. The summed E-state index contributed by atoms with van der Waals surface area (Å²) < 4.78 is 10.2. The Labute approximate surface area is 345 Å². The predicted octanol–water partition coefficient (Wildman–Crippen LogP) is 15.4. The van der Waals surface area contributed by atoms with Gasteiger partial charge in [-0.3, -0.25) is 0 Å². The minimum atomic E-state index is 1.02. The molecular formula is C55H52N4. The van der Waals surface area contributed by atoms with E-state index in [-0.39, 0.29) is 0 Å². The van der Waals surface area contributed by atoms with Crippen LogP contribution in [0.15, 0.2) is 140 Å². The minimum absolute atomic E-state index is 1.02. The monoisotopic (exact) mass is 768 g/mol. The van der Waals surface area contributed by atoms with Crippen molar-refractivity contribution in [3.8, 4) is 11.4 Å². The molecule has 0 radical (unpaired) electrons. The predicted molar refractivity (Wildman–Crippen MR) is 254 cm³/mol. The molecule has 292 valence electrons. The number of aromatic nitrogens is 4. The van der Waals surface area contributed by atoms with Crippen molar-refractivity contribution in [2.45, 2.75) is 85.2 Å². The van der Waals surface area contributed by atoms with Crippen LogP contribution < -0.4 is 0 Å². The summed E-state index contributed by atoms with van der Waals surface area (Å²) >= 11 is 0. The number of para-hydroxylation sites is 4. The van der Waals surface area contributed by atoms with Crippen LogP contribution in [-0.2, 0) is 19.5 Å². The summed E-state index contributed by atoms with van der Waals surface area (Å²) in [5.74, 6) is 0. The van der Waals surface area contributed by atoms with Crippen LogP contribution in [0.5, 0.6) is 0 Å². The Balaban J connectivity index is 1.22. The molecule has 0 unspecified atom stereocenters. The topological polar surface area (TPSA) is 19.7 Å². The van der Waals surface area contributed by atoms with Crippen molar-refractivity contribution in [3.05, 3.63) is 145 Å². The number of nitrogens with zero attached hydrogens (tertiary/aromatic N) is 4. The largest absolute Gasteiger partial charge is 0.340 e. The first-order valence-electron chi connectivity index (χ1n) is 22.2. The van der Waals surface area contributed by atoms with Gasteiger partial charge >= 0.3 is 0 Å². The third-order valence-corrected chi connectivity index (χ3v) is 13.2. The van der Waals surface area contributed by atoms with Crippen LogP contribution in [0.2, 0.25) is 0 Å². The van der Waals surface area contributed by atoms with Gasteiger partial charge in [-0.25, -0.2) is 0 Å². The zero-order chi connectivity index (χ0) is 39.6. The van der Waals surface area contributed by atoms with E-state index in [1.165, 1.54) is 143 Å². The average Bonchev–Trinajstić information content (AvgIpc) is 3.99. The fourth-order valence-electron chi connectivity index (χ4n) is 10.5. The number of benzene rings is 7. The molecule has 0 saturated carbocycles. The van der Waals surface area contributed by atoms with Gasteiger partial charge in [-0.15, -0.1) is 0 Å².